The highest BCUT2D eigenvalue weighted by molar-refractivity contribution is 8.45. The second-order valence-electron chi connectivity index (χ2n) is 6.30. The van der Waals surface area contributed by atoms with Crippen LogP contribution >= 0.6 is 10.2 Å². The van der Waals surface area contributed by atoms with E-state index in [1.807, 2.05) is 0 Å². The molecular weight excluding hydrogens is 490 g/mol. The molecule has 1 amide bonds. The highest BCUT2D eigenvalue weighted by Crippen LogP contribution is 3.02. The van der Waals surface area contributed by atoms with Crippen molar-refractivity contribution in [3.63, 3.8) is 0 Å². The van der Waals surface area contributed by atoms with Crippen molar-refractivity contribution in [1.82, 2.24) is 30.4 Å². The van der Waals surface area contributed by atoms with Crippen LogP contribution in [0.3, 0.4) is 0 Å². The Morgan fingerprint density at radius 1 is 1.09 bits per heavy atom. The monoisotopic (exact) mass is 501 g/mol. The number of hydrogen-bond donors (Lipinski definition) is 2. The van der Waals surface area contributed by atoms with Crippen LogP contribution in [0.15, 0.2) is 53.8 Å². The topological polar surface area (TPSA) is 97.6 Å². The van der Waals surface area contributed by atoms with E-state index in [1.165, 1.54) is 18.3 Å². The summed E-state index contributed by atoms with van der Waals surface area (Å²) < 4.78 is 105. The van der Waals surface area contributed by atoms with Crippen LogP contribution in [0.2, 0.25) is 0 Å². The number of halogens is 8. The third-order valence-corrected chi connectivity index (χ3v) is 4.84. The van der Waals surface area contributed by atoms with Crippen molar-refractivity contribution < 1.29 is 37.4 Å². The zero-order valence-corrected chi connectivity index (χ0v) is 16.6. The molecule has 0 spiro atoms. The van der Waals surface area contributed by atoms with Gasteiger partial charge in [-0.3, -0.25) is 15.6 Å². The number of nitrogens with zero attached hydrogens (tertiary/aromatic N) is 5. The largest absolute Gasteiger partial charge is 0.416 e. The summed E-state index contributed by atoms with van der Waals surface area (Å²) in [5.41, 5.74) is 1.70. The highest BCUT2D eigenvalue weighted by atomic mass is 32.5. The Bertz CT molecular complexity index is 1210. The van der Waals surface area contributed by atoms with E-state index in [9.17, 15) is 37.4 Å². The number of carbonyl (C=O) groups excluding carboxylic acids is 1. The fourth-order valence-electron chi connectivity index (χ4n) is 2.27. The normalized spacial score (nSPS) is 14.5. The van der Waals surface area contributed by atoms with Crippen molar-refractivity contribution in [3.05, 3.63) is 54.5 Å². The number of carbonyl (C=O) groups is 1. The molecule has 0 unspecified atom stereocenters. The number of hydrazine groups is 1. The molecule has 0 bridgehead atoms. The quantitative estimate of drug-likeness (QED) is 0.280. The molecule has 0 saturated carbocycles. The third kappa shape index (κ3) is 6.37. The number of aromatic nitrogens is 5. The molecule has 0 radical (unpaired) electrons. The molecule has 2 heterocycles. The molecule has 0 aliphatic carbocycles. The Hall–Kier alpha value is -3.76. The maximum absolute atomic E-state index is 13.1. The van der Waals surface area contributed by atoms with Crippen LogP contribution in [0.1, 0.15) is 5.56 Å². The summed E-state index contributed by atoms with van der Waals surface area (Å²) in [7, 11) is -10.4. The fraction of sp³-hybridized carbons (Fsp3) is 0.0625. The van der Waals surface area contributed by atoms with E-state index in [4.69, 9.17) is 0 Å². The van der Waals surface area contributed by atoms with Gasteiger partial charge in [0.05, 0.1) is 5.56 Å². The molecule has 8 nitrogen and oxygen atoms in total. The van der Waals surface area contributed by atoms with Crippen LogP contribution in [0, 0.1) is 0 Å². The summed E-state index contributed by atoms with van der Waals surface area (Å²) in [5, 5.41) is 10.8. The van der Waals surface area contributed by atoms with Crippen molar-refractivity contribution in [3.8, 4) is 11.4 Å². The molecule has 33 heavy (non-hydrogen) atoms. The maximum atomic E-state index is 13.1. The van der Waals surface area contributed by atoms with Crippen molar-refractivity contribution in [2.75, 3.05) is 5.43 Å². The van der Waals surface area contributed by atoms with E-state index < -0.39 is 50.2 Å². The molecule has 3 aromatic rings. The van der Waals surface area contributed by atoms with Gasteiger partial charge in [-0.15, -0.1) is 10.2 Å². The van der Waals surface area contributed by atoms with Crippen molar-refractivity contribution >= 4 is 28.1 Å². The van der Waals surface area contributed by atoms with Gasteiger partial charge in [0.1, 0.15) is 11.2 Å². The van der Waals surface area contributed by atoms with Gasteiger partial charge in [0, 0.05) is 24.0 Å². The van der Waals surface area contributed by atoms with Crippen LogP contribution in [0.25, 0.3) is 17.6 Å². The molecule has 0 aliphatic rings. The molecule has 17 heteroatoms. The summed E-state index contributed by atoms with van der Waals surface area (Å²) in [6.45, 7) is 0. The number of amides is 1. The molecule has 1 aromatic carbocycles. The fourth-order valence-corrected chi connectivity index (χ4v) is 2.97. The first-order chi connectivity index (χ1) is 15.0. The standard InChI is InChI=1S/C16H11F8N7OS/c17-16(18,19)11-6-10(7-12(8-11)33(20,21,22,23)24)15-25-9-31(30-15)5-3-14(32)29-28-13-2-1-4-26-27-13/h1-9H,(H,27,28)(H,29,32)/b5-3-. The van der Waals surface area contributed by atoms with Gasteiger partial charge in [0.25, 0.3) is 5.91 Å². The zero-order valence-electron chi connectivity index (χ0n) is 15.8. The Kier molecular flexibility index (Phi) is 5.35. The first-order valence-electron chi connectivity index (χ1n) is 8.41. The van der Waals surface area contributed by atoms with Crippen LogP contribution in [-0.4, -0.2) is 30.9 Å². The van der Waals surface area contributed by atoms with Gasteiger partial charge in [0.15, 0.2) is 11.6 Å². The van der Waals surface area contributed by atoms with Crippen molar-refractivity contribution in [2.45, 2.75) is 11.1 Å². The predicted molar refractivity (Wildman–Crippen MR) is 101 cm³/mol. The molecule has 3 rings (SSSR count). The maximum Gasteiger partial charge on any atom is 0.416 e. The Morgan fingerprint density at radius 2 is 1.82 bits per heavy atom. The Labute approximate surface area is 179 Å². The lowest BCUT2D eigenvalue weighted by atomic mass is 10.1. The Balaban J connectivity index is 1.84. The van der Waals surface area contributed by atoms with Gasteiger partial charge in [0.2, 0.25) is 0 Å². The van der Waals surface area contributed by atoms with Crippen molar-refractivity contribution in [1.29, 1.82) is 0 Å². The highest BCUT2D eigenvalue weighted by Gasteiger charge is 2.66. The molecule has 2 N–H and O–H groups in total. The SMILES string of the molecule is O=C(/C=C\n1cnc(-c2cc(C(F)(F)F)cc(S(F)(F)(F)(F)F)c2)n1)NNc1cccnn1. The van der Waals surface area contributed by atoms with Gasteiger partial charge >= 0.3 is 16.4 Å². The van der Waals surface area contributed by atoms with Gasteiger partial charge in [-0.25, -0.2) is 9.67 Å². The van der Waals surface area contributed by atoms with Crippen LogP contribution < -0.4 is 10.9 Å². The number of benzene rings is 1. The minimum absolute atomic E-state index is 0.169. The molecule has 2 aromatic heterocycles. The Morgan fingerprint density at radius 3 is 2.42 bits per heavy atom. The van der Waals surface area contributed by atoms with Crippen LogP contribution in [0.5, 0.6) is 0 Å². The third-order valence-electron chi connectivity index (χ3n) is 3.71. The average molecular weight is 501 g/mol. The molecule has 0 saturated heterocycles. The summed E-state index contributed by atoms with van der Waals surface area (Å²) >= 11 is 0. The molecule has 0 atom stereocenters. The van der Waals surface area contributed by atoms with Crippen molar-refractivity contribution in [2.24, 2.45) is 0 Å². The molecule has 178 valence electrons. The average Bonchev–Trinajstić information content (AvgIpc) is 3.18. The molecule has 0 fully saturated rings. The number of hydrogen-bond acceptors (Lipinski definition) is 6. The summed E-state index contributed by atoms with van der Waals surface area (Å²) in [6, 6.07) is 2.38. The smallest absolute Gasteiger partial charge is 0.280 e. The zero-order chi connectivity index (χ0) is 24.6. The van der Waals surface area contributed by atoms with Gasteiger partial charge < -0.3 is 0 Å². The summed E-state index contributed by atoms with van der Waals surface area (Å²) in [6.07, 6.45) is -1.27. The minimum Gasteiger partial charge on any atom is -0.280 e. The minimum atomic E-state index is -10.4. The van der Waals surface area contributed by atoms with E-state index in [1.54, 1.807) is 0 Å². The summed E-state index contributed by atoms with van der Waals surface area (Å²) in [5.74, 6) is -1.27. The lowest BCUT2D eigenvalue weighted by Crippen LogP contribution is -2.28. The summed E-state index contributed by atoms with van der Waals surface area (Å²) in [4.78, 5) is 12.5. The first kappa shape index (κ1) is 23.9. The van der Waals surface area contributed by atoms with E-state index >= 15 is 0 Å². The van der Waals surface area contributed by atoms with E-state index in [0.29, 0.717) is 0 Å². The van der Waals surface area contributed by atoms with Gasteiger partial charge in [-0.05, 0) is 30.3 Å². The molecular formula is C16H11F8N7OS. The second-order valence-corrected chi connectivity index (χ2v) is 8.71. The number of alkyl halides is 3. The lowest BCUT2D eigenvalue weighted by Gasteiger charge is -2.40. The van der Waals surface area contributed by atoms with Gasteiger partial charge in [-0.1, -0.05) is 19.4 Å². The van der Waals surface area contributed by atoms with Gasteiger partial charge in [-0.2, -0.15) is 18.3 Å². The number of nitrogens with one attached hydrogen (secondary N) is 2. The van der Waals surface area contributed by atoms with Crippen LogP contribution in [-0.2, 0) is 11.0 Å². The second kappa shape index (κ2) is 7.39. The number of rotatable bonds is 6. The lowest BCUT2D eigenvalue weighted by molar-refractivity contribution is -0.137. The van der Waals surface area contributed by atoms with E-state index in [0.717, 1.165) is 23.3 Å². The van der Waals surface area contributed by atoms with Crippen LogP contribution in [0.4, 0.5) is 38.4 Å². The predicted octanol–water partition coefficient (Wildman–Crippen LogP) is 5.03. The first-order valence-corrected chi connectivity index (χ1v) is 10.4. The van der Waals surface area contributed by atoms with E-state index in [-0.39, 0.29) is 18.0 Å². The van der Waals surface area contributed by atoms with E-state index in [2.05, 4.69) is 31.1 Å². The number of anilines is 1. The molecule has 0 aliphatic heterocycles.